The molecule has 1 aromatic rings. The van der Waals surface area contributed by atoms with Gasteiger partial charge >= 0.3 is 0 Å². The lowest BCUT2D eigenvalue weighted by molar-refractivity contribution is -0.137. The summed E-state index contributed by atoms with van der Waals surface area (Å²) in [6.45, 7) is 5.72. The van der Waals surface area contributed by atoms with E-state index in [9.17, 15) is 9.59 Å². The van der Waals surface area contributed by atoms with Crippen LogP contribution < -0.4 is 5.32 Å². The second kappa shape index (κ2) is 7.37. The van der Waals surface area contributed by atoms with Crippen molar-refractivity contribution in [1.82, 2.24) is 10.2 Å². The molecular weight excluding hydrogens is 300 g/mol. The SMILES string of the molecule is CC(C)C(NC(=O)C1CCN(C(=O)C2CC2)CC1)c1ccccc1. The van der Waals surface area contributed by atoms with Gasteiger partial charge in [0.05, 0.1) is 6.04 Å². The molecule has 1 N–H and O–H groups in total. The van der Waals surface area contributed by atoms with Crippen LogP contribution >= 0.6 is 0 Å². The lowest BCUT2D eigenvalue weighted by Gasteiger charge is -2.33. The summed E-state index contributed by atoms with van der Waals surface area (Å²) in [5.74, 6) is 1.08. The van der Waals surface area contributed by atoms with Gasteiger partial charge in [-0.1, -0.05) is 44.2 Å². The third kappa shape index (κ3) is 3.97. The fraction of sp³-hybridized carbons (Fsp3) is 0.600. The molecule has 1 aromatic carbocycles. The summed E-state index contributed by atoms with van der Waals surface area (Å²) < 4.78 is 0. The Hall–Kier alpha value is -1.84. The van der Waals surface area contributed by atoms with Crippen LogP contribution in [-0.4, -0.2) is 29.8 Å². The van der Waals surface area contributed by atoms with E-state index in [1.165, 1.54) is 0 Å². The van der Waals surface area contributed by atoms with Crippen LogP contribution in [0.4, 0.5) is 0 Å². The summed E-state index contributed by atoms with van der Waals surface area (Å²) >= 11 is 0. The maximum absolute atomic E-state index is 12.7. The van der Waals surface area contributed by atoms with Gasteiger partial charge in [-0.3, -0.25) is 9.59 Å². The summed E-state index contributed by atoms with van der Waals surface area (Å²) in [5.41, 5.74) is 1.15. The van der Waals surface area contributed by atoms with Gasteiger partial charge in [0.25, 0.3) is 0 Å². The van der Waals surface area contributed by atoms with Crippen molar-refractivity contribution in [1.29, 1.82) is 0 Å². The van der Waals surface area contributed by atoms with Gasteiger partial charge in [0, 0.05) is 24.9 Å². The van der Waals surface area contributed by atoms with E-state index in [4.69, 9.17) is 0 Å². The van der Waals surface area contributed by atoms with Crippen molar-refractivity contribution in [2.45, 2.75) is 45.6 Å². The van der Waals surface area contributed by atoms with Crippen LogP contribution in [0, 0.1) is 17.8 Å². The van der Waals surface area contributed by atoms with Gasteiger partial charge in [0.2, 0.25) is 11.8 Å². The van der Waals surface area contributed by atoms with Crippen molar-refractivity contribution in [2.75, 3.05) is 13.1 Å². The highest BCUT2D eigenvalue weighted by molar-refractivity contribution is 5.82. The Labute approximate surface area is 144 Å². The molecule has 2 fully saturated rings. The van der Waals surface area contributed by atoms with Crippen molar-refractivity contribution in [3.63, 3.8) is 0 Å². The Balaban J connectivity index is 1.55. The fourth-order valence-corrected chi connectivity index (χ4v) is 3.52. The average Bonchev–Trinajstić information content (AvgIpc) is 3.44. The molecule has 1 saturated carbocycles. The molecule has 0 bridgehead atoms. The number of benzene rings is 1. The number of nitrogens with zero attached hydrogens (tertiary/aromatic N) is 1. The zero-order valence-electron chi connectivity index (χ0n) is 14.7. The molecule has 1 saturated heterocycles. The maximum Gasteiger partial charge on any atom is 0.225 e. The van der Waals surface area contributed by atoms with Gasteiger partial charge in [0.1, 0.15) is 0 Å². The highest BCUT2D eigenvalue weighted by Gasteiger charge is 2.36. The Morgan fingerprint density at radius 2 is 1.62 bits per heavy atom. The highest BCUT2D eigenvalue weighted by atomic mass is 16.2. The highest BCUT2D eigenvalue weighted by Crippen LogP contribution is 2.32. The lowest BCUT2D eigenvalue weighted by Crippen LogP contribution is -2.44. The predicted molar refractivity (Wildman–Crippen MR) is 94.2 cm³/mol. The molecule has 1 aliphatic carbocycles. The van der Waals surface area contributed by atoms with Crippen LogP contribution in [0.1, 0.15) is 51.1 Å². The molecule has 1 heterocycles. The molecule has 2 aliphatic rings. The summed E-state index contributed by atoms with van der Waals surface area (Å²) in [4.78, 5) is 26.8. The number of carbonyl (C=O) groups excluding carboxylic acids is 2. The van der Waals surface area contributed by atoms with Gasteiger partial charge < -0.3 is 10.2 Å². The molecule has 130 valence electrons. The molecule has 0 aromatic heterocycles. The molecule has 1 atom stereocenters. The van der Waals surface area contributed by atoms with E-state index in [1.807, 2.05) is 23.1 Å². The van der Waals surface area contributed by atoms with E-state index in [0.29, 0.717) is 11.8 Å². The Morgan fingerprint density at radius 3 is 2.17 bits per heavy atom. The van der Waals surface area contributed by atoms with Crippen molar-refractivity contribution >= 4 is 11.8 Å². The summed E-state index contributed by atoms with van der Waals surface area (Å²) in [5, 5.41) is 3.24. The Bertz CT molecular complexity index is 573. The number of nitrogens with one attached hydrogen (secondary N) is 1. The maximum atomic E-state index is 12.7. The molecule has 1 unspecified atom stereocenters. The Kier molecular flexibility index (Phi) is 5.22. The quantitative estimate of drug-likeness (QED) is 0.903. The van der Waals surface area contributed by atoms with E-state index in [2.05, 4.69) is 31.3 Å². The van der Waals surface area contributed by atoms with Gasteiger partial charge in [-0.05, 0) is 37.2 Å². The minimum Gasteiger partial charge on any atom is -0.349 e. The van der Waals surface area contributed by atoms with Crippen molar-refractivity contribution < 1.29 is 9.59 Å². The number of carbonyl (C=O) groups is 2. The molecular formula is C20H28N2O2. The molecule has 0 radical (unpaired) electrons. The van der Waals surface area contributed by atoms with Crippen molar-refractivity contribution in [3.8, 4) is 0 Å². The first-order valence-electron chi connectivity index (χ1n) is 9.20. The van der Waals surface area contributed by atoms with Crippen LogP contribution in [0.3, 0.4) is 0 Å². The average molecular weight is 328 g/mol. The van der Waals surface area contributed by atoms with Gasteiger partial charge in [-0.25, -0.2) is 0 Å². The van der Waals surface area contributed by atoms with Crippen LogP contribution in [-0.2, 0) is 9.59 Å². The molecule has 3 rings (SSSR count). The number of hydrogen-bond donors (Lipinski definition) is 1. The third-order valence-corrected chi connectivity index (χ3v) is 5.23. The van der Waals surface area contributed by atoms with Gasteiger partial charge in [-0.2, -0.15) is 0 Å². The topological polar surface area (TPSA) is 49.4 Å². The molecule has 0 spiro atoms. The monoisotopic (exact) mass is 328 g/mol. The molecule has 4 heteroatoms. The van der Waals surface area contributed by atoms with Crippen LogP contribution in [0.2, 0.25) is 0 Å². The summed E-state index contributed by atoms with van der Waals surface area (Å²) in [6, 6.07) is 10.2. The number of amides is 2. The second-order valence-electron chi connectivity index (χ2n) is 7.51. The molecule has 24 heavy (non-hydrogen) atoms. The molecule has 1 aliphatic heterocycles. The first-order chi connectivity index (χ1) is 11.6. The number of piperidine rings is 1. The number of rotatable bonds is 5. The van der Waals surface area contributed by atoms with Gasteiger partial charge in [0.15, 0.2) is 0 Å². The van der Waals surface area contributed by atoms with Crippen molar-refractivity contribution in [2.24, 2.45) is 17.8 Å². The predicted octanol–water partition coefficient (Wildman–Crippen LogP) is 3.15. The van der Waals surface area contributed by atoms with E-state index in [0.717, 1.165) is 44.3 Å². The largest absolute Gasteiger partial charge is 0.349 e. The van der Waals surface area contributed by atoms with Crippen LogP contribution in [0.15, 0.2) is 30.3 Å². The fourth-order valence-electron chi connectivity index (χ4n) is 3.52. The minimum atomic E-state index is 0.0261. The first kappa shape index (κ1) is 17.0. The van der Waals surface area contributed by atoms with E-state index in [1.54, 1.807) is 0 Å². The second-order valence-corrected chi connectivity index (χ2v) is 7.51. The molecule has 4 nitrogen and oxygen atoms in total. The normalized spacial score (nSPS) is 20.0. The lowest BCUT2D eigenvalue weighted by atomic mass is 9.92. The zero-order chi connectivity index (χ0) is 17.1. The zero-order valence-corrected chi connectivity index (χ0v) is 14.7. The standard InChI is InChI=1S/C20H28N2O2/c1-14(2)18(15-6-4-3-5-7-15)21-19(23)16-10-12-22(13-11-16)20(24)17-8-9-17/h3-7,14,16-18H,8-13H2,1-2H3,(H,21,23). The minimum absolute atomic E-state index is 0.0261. The van der Waals surface area contributed by atoms with E-state index in [-0.39, 0.29) is 23.8 Å². The van der Waals surface area contributed by atoms with Gasteiger partial charge in [-0.15, -0.1) is 0 Å². The van der Waals surface area contributed by atoms with Crippen LogP contribution in [0.25, 0.3) is 0 Å². The summed E-state index contributed by atoms with van der Waals surface area (Å²) in [6.07, 6.45) is 3.66. The van der Waals surface area contributed by atoms with Crippen molar-refractivity contribution in [3.05, 3.63) is 35.9 Å². The van der Waals surface area contributed by atoms with E-state index >= 15 is 0 Å². The number of hydrogen-bond acceptors (Lipinski definition) is 2. The third-order valence-electron chi connectivity index (χ3n) is 5.23. The van der Waals surface area contributed by atoms with Crippen LogP contribution in [0.5, 0.6) is 0 Å². The molecule has 2 amide bonds. The smallest absolute Gasteiger partial charge is 0.225 e. The van der Waals surface area contributed by atoms with E-state index < -0.39 is 0 Å². The Morgan fingerprint density at radius 1 is 1.00 bits per heavy atom. The summed E-state index contributed by atoms with van der Waals surface area (Å²) in [7, 11) is 0. The number of likely N-dealkylation sites (tertiary alicyclic amines) is 1. The first-order valence-corrected chi connectivity index (χ1v) is 9.20.